The third-order valence-corrected chi connectivity index (χ3v) is 5.56. The summed E-state index contributed by atoms with van der Waals surface area (Å²) >= 11 is 0. The Hall–Kier alpha value is -3.19. The summed E-state index contributed by atoms with van der Waals surface area (Å²) < 4.78 is 0. The molecule has 1 heterocycles. The summed E-state index contributed by atoms with van der Waals surface area (Å²) in [5.41, 5.74) is 8.92. The Morgan fingerprint density at radius 2 is 1.87 bits per heavy atom. The summed E-state index contributed by atoms with van der Waals surface area (Å²) in [4.78, 5) is 39.6. The van der Waals surface area contributed by atoms with Crippen molar-refractivity contribution in [3.05, 3.63) is 59.2 Å². The van der Waals surface area contributed by atoms with Gasteiger partial charge in [0.05, 0.1) is 23.8 Å². The van der Waals surface area contributed by atoms with Crippen LogP contribution in [0.2, 0.25) is 0 Å². The molecule has 3 rings (SSSR count). The molecule has 1 aliphatic rings. The van der Waals surface area contributed by atoms with Gasteiger partial charge in [0.1, 0.15) is 0 Å². The van der Waals surface area contributed by atoms with Crippen molar-refractivity contribution < 1.29 is 14.4 Å². The van der Waals surface area contributed by atoms with Gasteiger partial charge in [0.15, 0.2) is 0 Å². The van der Waals surface area contributed by atoms with E-state index in [0.717, 1.165) is 11.1 Å². The van der Waals surface area contributed by atoms with Crippen LogP contribution in [0.4, 0.5) is 11.4 Å². The minimum atomic E-state index is -0.427. The molecule has 0 spiro atoms. The molecule has 4 N–H and O–H groups in total. The van der Waals surface area contributed by atoms with E-state index in [0.29, 0.717) is 30.0 Å². The highest BCUT2D eigenvalue weighted by atomic mass is 16.2. The highest BCUT2D eigenvalue weighted by Crippen LogP contribution is 2.38. The number of hydrogen-bond acceptors (Lipinski definition) is 4. The highest BCUT2D eigenvalue weighted by molar-refractivity contribution is 6.06. The molecule has 7 nitrogen and oxygen atoms in total. The van der Waals surface area contributed by atoms with E-state index >= 15 is 0 Å². The smallest absolute Gasteiger partial charge is 0.251 e. The number of nitrogens with one attached hydrogen (secondary N) is 2. The second-order valence-corrected chi connectivity index (χ2v) is 8.85. The SMILES string of the molecule is CC(=O)N1c2ccc(C(=O)NCC(C)(C)CN)cc2NC(=O)CC1c1ccc(C)cc1. The summed E-state index contributed by atoms with van der Waals surface area (Å²) in [7, 11) is 0. The van der Waals surface area contributed by atoms with Crippen LogP contribution in [0.3, 0.4) is 0 Å². The third kappa shape index (κ3) is 5.11. The van der Waals surface area contributed by atoms with Crippen LogP contribution >= 0.6 is 0 Å². The molecule has 7 heteroatoms. The van der Waals surface area contributed by atoms with E-state index in [1.165, 1.54) is 6.92 Å². The van der Waals surface area contributed by atoms with Crippen molar-refractivity contribution in [1.82, 2.24) is 5.32 Å². The Morgan fingerprint density at radius 3 is 2.48 bits per heavy atom. The number of amides is 3. The summed E-state index contributed by atoms with van der Waals surface area (Å²) in [6.07, 6.45) is 0.129. The minimum absolute atomic E-state index is 0.129. The molecule has 1 aliphatic heterocycles. The average Bonchev–Trinajstić information content (AvgIpc) is 2.87. The number of benzene rings is 2. The molecule has 3 amide bonds. The zero-order valence-electron chi connectivity index (χ0n) is 18.5. The topological polar surface area (TPSA) is 105 Å². The van der Waals surface area contributed by atoms with Gasteiger partial charge in [-0.2, -0.15) is 0 Å². The van der Waals surface area contributed by atoms with E-state index in [1.807, 2.05) is 45.0 Å². The average molecular weight is 423 g/mol. The van der Waals surface area contributed by atoms with Crippen molar-refractivity contribution in [3.63, 3.8) is 0 Å². The van der Waals surface area contributed by atoms with Crippen LogP contribution in [0.1, 0.15) is 54.7 Å². The van der Waals surface area contributed by atoms with Crippen molar-refractivity contribution in [1.29, 1.82) is 0 Å². The molecule has 0 aliphatic carbocycles. The van der Waals surface area contributed by atoms with E-state index < -0.39 is 6.04 Å². The Labute approximate surface area is 183 Å². The van der Waals surface area contributed by atoms with E-state index in [-0.39, 0.29) is 29.6 Å². The number of carbonyl (C=O) groups excluding carboxylic acids is 3. The lowest BCUT2D eigenvalue weighted by Crippen LogP contribution is -2.38. The zero-order valence-corrected chi connectivity index (χ0v) is 18.5. The van der Waals surface area contributed by atoms with Crippen molar-refractivity contribution >= 4 is 29.1 Å². The van der Waals surface area contributed by atoms with Gasteiger partial charge in [0.2, 0.25) is 11.8 Å². The quantitative estimate of drug-likeness (QED) is 0.688. The van der Waals surface area contributed by atoms with Crippen molar-refractivity contribution in [3.8, 4) is 0 Å². The lowest BCUT2D eigenvalue weighted by Gasteiger charge is -2.30. The Balaban J connectivity index is 1.96. The van der Waals surface area contributed by atoms with Crippen molar-refractivity contribution in [2.24, 2.45) is 11.1 Å². The fraction of sp³-hybridized carbons (Fsp3) is 0.375. The van der Waals surface area contributed by atoms with Crippen LogP contribution in [-0.4, -0.2) is 30.8 Å². The third-order valence-electron chi connectivity index (χ3n) is 5.56. The summed E-state index contributed by atoms with van der Waals surface area (Å²) in [6.45, 7) is 8.29. The first-order valence-electron chi connectivity index (χ1n) is 10.4. The van der Waals surface area contributed by atoms with Crippen LogP contribution in [0.15, 0.2) is 42.5 Å². The first-order chi connectivity index (χ1) is 14.6. The zero-order chi connectivity index (χ0) is 22.8. The highest BCUT2D eigenvalue weighted by Gasteiger charge is 2.32. The number of rotatable bonds is 5. The molecule has 31 heavy (non-hydrogen) atoms. The summed E-state index contributed by atoms with van der Waals surface area (Å²) in [6, 6.07) is 12.4. The maximum atomic E-state index is 12.7. The maximum Gasteiger partial charge on any atom is 0.251 e. The second-order valence-electron chi connectivity index (χ2n) is 8.85. The molecular formula is C24H30N4O3. The number of hydrogen-bond donors (Lipinski definition) is 3. The molecule has 1 unspecified atom stereocenters. The van der Waals surface area contributed by atoms with Gasteiger partial charge in [-0.05, 0) is 42.6 Å². The van der Waals surface area contributed by atoms with Crippen molar-refractivity contribution in [2.45, 2.75) is 40.2 Å². The van der Waals surface area contributed by atoms with Crippen LogP contribution in [-0.2, 0) is 9.59 Å². The van der Waals surface area contributed by atoms with Gasteiger partial charge in [-0.1, -0.05) is 43.7 Å². The van der Waals surface area contributed by atoms with Crippen molar-refractivity contribution in [2.75, 3.05) is 23.3 Å². The lowest BCUT2D eigenvalue weighted by molar-refractivity contribution is -0.118. The molecule has 0 fully saturated rings. The number of nitrogens with two attached hydrogens (primary N) is 1. The lowest BCUT2D eigenvalue weighted by atomic mass is 9.94. The first kappa shape index (κ1) is 22.5. The summed E-state index contributed by atoms with van der Waals surface area (Å²) in [5, 5.41) is 5.75. The normalized spacial score (nSPS) is 16.2. The molecule has 0 bridgehead atoms. The molecule has 0 saturated carbocycles. The standard InChI is InChI=1S/C24H30N4O3/c1-15-5-7-17(8-6-15)21-12-22(30)27-19-11-18(9-10-20(19)28(21)16(2)29)23(31)26-14-24(3,4)13-25/h5-11,21H,12-14,25H2,1-4H3,(H,26,31)(H,27,30). The van der Waals surface area contributed by atoms with E-state index in [2.05, 4.69) is 10.6 Å². The van der Waals surface area contributed by atoms with Crippen LogP contribution in [0, 0.1) is 12.3 Å². The predicted molar refractivity (Wildman–Crippen MR) is 122 cm³/mol. The molecule has 2 aromatic carbocycles. The van der Waals surface area contributed by atoms with E-state index in [9.17, 15) is 14.4 Å². The molecule has 0 aromatic heterocycles. The monoisotopic (exact) mass is 422 g/mol. The number of aryl methyl sites for hydroxylation is 1. The molecule has 164 valence electrons. The largest absolute Gasteiger partial charge is 0.351 e. The van der Waals surface area contributed by atoms with Gasteiger partial charge >= 0.3 is 0 Å². The first-order valence-corrected chi connectivity index (χ1v) is 10.4. The predicted octanol–water partition coefficient (Wildman–Crippen LogP) is 3.15. The van der Waals surface area contributed by atoms with E-state index in [1.54, 1.807) is 23.1 Å². The molecule has 2 aromatic rings. The van der Waals surface area contributed by atoms with Gasteiger partial charge < -0.3 is 21.3 Å². The minimum Gasteiger partial charge on any atom is -0.351 e. The number of anilines is 2. The van der Waals surface area contributed by atoms with Crippen LogP contribution in [0.25, 0.3) is 0 Å². The molecular weight excluding hydrogens is 392 g/mol. The van der Waals surface area contributed by atoms with Gasteiger partial charge in [-0.15, -0.1) is 0 Å². The van der Waals surface area contributed by atoms with Crippen LogP contribution in [0.5, 0.6) is 0 Å². The second kappa shape index (κ2) is 8.89. The Morgan fingerprint density at radius 1 is 1.19 bits per heavy atom. The van der Waals surface area contributed by atoms with E-state index in [4.69, 9.17) is 5.73 Å². The molecule has 0 radical (unpaired) electrons. The molecule has 0 saturated heterocycles. The van der Waals surface area contributed by atoms with Gasteiger partial charge in [0.25, 0.3) is 5.91 Å². The van der Waals surface area contributed by atoms with Gasteiger partial charge in [0, 0.05) is 19.0 Å². The Bertz CT molecular complexity index is 998. The maximum absolute atomic E-state index is 12.7. The Kier molecular flexibility index (Phi) is 6.45. The van der Waals surface area contributed by atoms with Crippen LogP contribution < -0.4 is 21.3 Å². The summed E-state index contributed by atoms with van der Waals surface area (Å²) in [5.74, 6) is -0.644. The number of nitrogens with zero attached hydrogens (tertiary/aromatic N) is 1. The number of fused-ring (bicyclic) bond motifs is 1. The fourth-order valence-electron chi connectivity index (χ4n) is 3.56. The van der Waals surface area contributed by atoms with Gasteiger partial charge in [-0.3, -0.25) is 14.4 Å². The fourth-order valence-corrected chi connectivity index (χ4v) is 3.56. The molecule has 1 atom stereocenters. The number of carbonyl (C=O) groups is 3. The van der Waals surface area contributed by atoms with Gasteiger partial charge in [-0.25, -0.2) is 0 Å².